The van der Waals surface area contributed by atoms with Crippen LogP contribution in [0.3, 0.4) is 0 Å². The first-order valence-electron chi connectivity index (χ1n) is 12.1. The Morgan fingerprint density at radius 2 is 1.85 bits per heavy atom. The lowest BCUT2D eigenvalue weighted by Gasteiger charge is -2.25. The van der Waals surface area contributed by atoms with Gasteiger partial charge in [-0.1, -0.05) is 46.7 Å². The molecule has 10 heteroatoms. The highest BCUT2D eigenvalue weighted by molar-refractivity contribution is 7.07. The van der Waals surface area contributed by atoms with Gasteiger partial charge in [-0.3, -0.25) is 9.36 Å². The molecule has 0 bridgehead atoms. The van der Waals surface area contributed by atoms with Crippen LogP contribution in [0, 0.1) is 0 Å². The SMILES string of the molecule is COc1ccc([C@@H]2C(C(=O)OC(C)C)=C(C)N=c3s/c(=C/c4ccc(-c5ccc(Cl)c(Cl)c5)o4)c(=O)n32)cc1. The van der Waals surface area contributed by atoms with Gasteiger partial charge in [0, 0.05) is 11.6 Å². The highest BCUT2D eigenvalue weighted by atomic mass is 35.5. The van der Waals surface area contributed by atoms with Crippen LogP contribution in [0.4, 0.5) is 0 Å². The number of rotatable bonds is 6. The Balaban J connectivity index is 1.62. The number of methoxy groups -OCH3 is 1. The molecule has 1 aliphatic rings. The standard InChI is InChI=1S/C29H24Cl2N2O5S/c1-15(2)37-28(35)25-16(3)32-29-33(26(25)17-5-8-19(36-4)9-6-17)27(34)24(39-29)14-20-10-12-23(38-20)18-7-11-21(30)22(31)13-18/h5-15,26H,1-4H3/b24-14+/t26-/m1/s1. The smallest absolute Gasteiger partial charge is 0.338 e. The number of benzene rings is 2. The van der Waals surface area contributed by atoms with E-state index in [1.54, 1.807) is 76.4 Å². The van der Waals surface area contributed by atoms with Crippen LogP contribution in [0.25, 0.3) is 17.4 Å². The second-order valence-electron chi connectivity index (χ2n) is 9.14. The molecule has 0 N–H and O–H groups in total. The van der Waals surface area contributed by atoms with E-state index >= 15 is 0 Å². The average molecular weight is 583 g/mol. The molecule has 0 saturated heterocycles. The number of halogens is 2. The van der Waals surface area contributed by atoms with Gasteiger partial charge < -0.3 is 13.9 Å². The number of furan rings is 1. The maximum Gasteiger partial charge on any atom is 0.338 e. The molecule has 0 saturated carbocycles. The Kier molecular flexibility index (Phi) is 7.53. The van der Waals surface area contributed by atoms with E-state index in [0.29, 0.717) is 47.9 Å². The maximum absolute atomic E-state index is 13.8. The molecule has 2 aromatic carbocycles. The number of aromatic nitrogens is 1. The Labute approximate surface area is 238 Å². The van der Waals surface area contributed by atoms with E-state index in [1.165, 1.54) is 15.9 Å². The second kappa shape index (κ2) is 10.9. The summed E-state index contributed by atoms with van der Waals surface area (Å²) in [5.74, 6) is 1.21. The van der Waals surface area contributed by atoms with Crippen molar-refractivity contribution in [3.05, 3.63) is 107 Å². The summed E-state index contributed by atoms with van der Waals surface area (Å²) in [6.45, 7) is 5.31. The molecular formula is C29H24Cl2N2O5S. The average Bonchev–Trinajstić information content (AvgIpc) is 3.49. The van der Waals surface area contributed by atoms with Gasteiger partial charge in [-0.2, -0.15) is 0 Å². The van der Waals surface area contributed by atoms with Crippen LogP contribution >= 0.6 is 34.5 Å². The Morgan fingerprint density at radius 1 is 1.10 bits per heavy atom. The molecule has 0 unspecified atom stereocenters. The van der Waals surface area contributed by atoms with Gasteiger partial charge in [0.1, 0.15) is 17.3 Å². The first-order valence-corrected chi connectivity index (χ1v) is 13.7. The Bertz CT molecular complexity index is 1780. The van der Waals surface area contributed by atoms with Gasteiger partial charge in [-0.25, -0.2) is 9.79 Å². The number of ether oxygens (including phenoxy) is 2. The predicted molar refractivity (Wildman–Crippen MR) is 152 cm³/mol. The van der Waals surface area contributed by atoms with Crippen LogP contribution in [0.2, 0.25) is 10.0 Å². The minimum atomic E-state index is -0.719. The van der Waals surface area contributed by atoms with Gasteiger partial charge >= 0.3 is 5.97 Å². The molecule has 1 atom stereocenters. The minimum Gasteiger partial charge on any atom is -0.497 e. The van der Waals surface area contributed by atoms with Crippen LogP contribution in [0.1, 0.15) is 38.1 Å². The molecule has 0 amide bonds. The molecule has 5 rings (SSSR count). The molecule has 0 aliphatic carbocycles. The number of hydrogen-bond donors (Lipinski definition) is 0. The zero-order chi connectivity index (χ0) is 27.8. The van der Waals surface area contributed by atoms with E-state index in [0.717, 1.165) is 11.1 Å². The first-order chi connectivity index (χ1) is 18.7. The molecule has 3 heterocycles. The fourth-order valence-corrected chi connectivity index (χ4v) is 5.65. The predicted octanol–water partition coefficient (Wildman–Crippen LogP) is 5.76. The summed E-state index contributed by atoms with van der Waals surface area (Å²) in [6, 6.07) is 15.3. The van der Waals surface area contributed by atoms with E-state index in [9.17, 15) is 9.59 Å². The third-order valence-electron chi connectivity index (χ3n) is 6.12. The van der Waals surface area contributed by atoms with Crippen molar-refractivity contribution in [2.75, 3.05) is 7.11 Å². The van der Waals surface area contributed by atoms with Crippen molar-refractivity contribution in [2.45, 2.75) is 32.9 Å². The van der Waals surface area contributed by atoms with Crippen molar-refractivity contribution in [1.82, 2.24) is 4.57 Å². The second-order valence-corrected chi connectivity index (χ2v) is 11.0. The van der Waals surface area contributed by atoms with Crippen LogP contribution < -0.4 is 19.6 Å². The molecule has 0 fully saturated rings. The first kappa shape index (κ1) is 27.0. The van der Waals surface area contributed by atoms with Gasteiger partial charge in [0.15, 0.2) is 4.80 Å². The van der Waals surface area contributed by atoms with Crippen LogP contribution in [-0.2, 0) is 9.53 Å². The lowest BCUT2D eigenvalue weighted by molar-refractivity contribution is -0.143. The van der Waals surface area contributed by atoms with Crippen molar-refractivity contribution in [3.8, 4) is 17.1 Å². The fourth-order valence-electron chi connectivity index (χ4n) is 4.33. The van der Waals surface area contributed by atoms with Gasteiger partial charge in [0.2, 0.25) is 0 Å². The number of esters is 1. The number of fused-ring (bicyclic) bond motifs is 1. The fraction of sp³-hybridized carbons (Fsp3) is 0.207. The molecule has 0 spiro atoms. The number of nitrogens with zero attached hydrogens (tertiary/aromatic N) is 2. The van der Waals surface area contributed by atoms with E-state index in [1.807, 2.05) is 12.1 Å². The van der Waals surface area contributed by atoms with Gasteiger partial charge in [-0.15, -0.1) is 0 Å². The normalized spacial score (nSPS) is 15.4. The Morgan fingerprint density at radius 3 is 2.51 bits per heavy atom. The highest BCUT2D eigenvalue weighted by Gasteiger charge is 2.33. The van der Waals surface area contributed by atoms with Crippen LogP contribution in [0.5, 0.6) is 5.75 Å². The monoisotopic (exact) mass is 582 g/mol. The summed E-state index contributed by atoms with van der Waals surface area (Å²) >= 11 is 13.4. The van der Waals surface area contributed by atoms with Crippen molar-refractivity contribution in [1.29, 1.82) is 0 Å². The molecule has 7 nitrogen and oxygen atoms in total. The van der Waals surface area contributed by atoms with E-state index < -0.39 is 12.0 Å². The van der Waals surface area contributed by atoms with E-state index in [4.69, 9.17) is 37.1 Å². The van der Waals surface area contributed by atoms with E-state index in [-0.39, 0.29) is 11.7 Å². The summed E-state index contributed by atoms with van der Waals surface area (Å²) < 4.78 is 18.8. The molecular weight excluding hydrogens is 559 g/mol. The molecule has 2 aromatic heterocycles. The van der Waals surface area contributed by atoms with Crippen LogP contribution in [-0.4, -0.2) is 23.8 Å². The zero-order valence-corrected chi connectivity index (χ0v) is 23.9. The van der Waals surface area contributed by atoms with Crippen molar-refractivity contribution in [2.24, 2.45) is 4.99 Å². The van der Waals surface area contributed by atoms with Crippen molar-refractivity contribution in [3.63, 3.8) is 0 Å². The minimum absolute atomic E-state index is 0.297. The maximum atomic E-state index is 13.8. The molecule has 0 radical (unpaired) electrons. The number of allylic oxidation sites excluding steroid dienone is 1. The lowest BCUT2D eigenvalue weighted by Crippen LogP contribution is -2.40. The van der Waals surface area contributed by atoms with Crippen molar-refractivity contribution < 1.29 is 18.7 Å². The quantitative estimate of drug-likeness (QED) is 0.270. The third-order valence-corrected chi connectivity index (χ3v) is 7.84. The summed E-state index contributed by atoms with van der Waals surface area (Å²) in [7, 11) is 1.58. The molecule has 4 aromatic rings. The molecule has 200 valence electrons. The summed E-state index contributed by atoms with van der Waals surface area (Å²) in [6.07, 6.45) is 1.34. The third kappa shape index (κ3) is 5.32. The topological polar surface area (TPSA) is 83.0 Å². The summed E-state index contributed by atoms with van der Waals surface area (Å²) in [5, 5.41) is 0.868. The summed E-state index contributed by atoms with van der Waals surface area (Å²) in [5.41, 5.74) is 2.00. The highest BCUT2D eigenvalue weighted by Crippen LogP contribution is 2.32. The number of thiazole rings is 1. The lowest BCUT2D eigenvalue weighted by atomic mass is 9.96. The van der Waals surface area contributed by atoms with Gasteiger partial charge in [0.05, 0.1) is 45.1 Å². The zero-order valence-electron chi connectivity index (χ0n) is 21.5. The largest absolute Gasteiger partial charge is 0.497 e. The number of carbonyl (C=O) groups excluding carboxylic acids is 1. The van der Waals surface area contributed by atoms with Crippen LogP contribution in [0.15, 0.2) is 80.1 Å². The molecule has 39 heavy (non-hydrogen) atoms. The van der Waals surface area contributed by atoms with Gasteiger partial charge in [0.25, 0.3) is 5.56 Å². The number of carbonyl (C=O) groups is 1. The van der Waals surface area contributed by atoms with Gasteiger partial charge in [-0.05, 0) is 68.8 Å². The van der Waals surface area contributed by atoms with E-state index in [2.05, 4.69) is 4.99 Å². The molecule has 1 aliphatic heterocycles. The Hall–Kier alpha value is -3.59. The summed E-state index contributed by atoms with van der Waals surface area (Å²) in [4.78, 5) is 32.1. The number of hydrogen-bond acceptors (Lipinski definition) is 7. The van der Waals surface area contributed by atoms with Crippen molar-refractivity contribution >= 4 is 46.6 Å².